The fraction of sp³-hybridized carbons (Fsp3) is 0.296. The summed E-state index contributed by atoms with van der Waals surface area (Å²) >= 11 is 1.71. The number of piperazine rings is 1. The van der Waals surface area contributed by atoms with Crippen molar-refractivity contribution < 1.29 is 9.72 Å². The molecule has 0 saturated carbocycles. The van der Waals surface area contributed by atoms with Crippen LogP contribution in [-0.2, 0) is 12.8 Å². The van der Waals surface area contributed by atoms with Crippen molar-refractivity contribution in [1.82, 2.24) is 14.9 Å². The molecule has 1 fully saturated rings. The normalized spacial score (nSPS) is 13.8. The lowest BCUT2D eigenvalue weighted by molar-refractivity contribution is -0.384. The first kappa shape index (κ1) is 23.9. The van der Waals surface area contributed by atoms with E-state index in [1.165, 1.54) is 40.3 Å². The van der Waals surface area contributed by atoms with E-state index in [1.807, 2.05) is 18.2 Å². The first-order valence-electron chi connectivity index (χ1n) is 12.0. The average Bonchev–Trinajstić information content (AvgIpc) is 3.20. The Morgan fingerprint density at radius 3 is 2.33 bits per heavy atom. The molecule has 5 rings (SSSR count). The van der Waals surface area contributed by atoms with Gasteiger partial charge in [-0.1, -0.05) is 30.3 Å². The Bertz CT molecular complexity index is 1410. The lowest BCUT2D eigenvalue weighted by Crippen LogP contribution is -2.49. The van der Waals surface area contributed by atoms with Gasteiger partial charge in [0.2, 0.25) is 0 Å². The van der Waals surface area contributed by atoms with E-state index in [0.717, 1.165) is 34.7 Å². The van der Waals surface area contributed by atoms with Crippen molar-refractivity contribution >= 4 is 39.0 Å². The smallest absolute Gasteiger partial charge is 0.269 e. The van der Waals surface area contributed by atoms with Gasteiger partial charge in [-0.05, 0) is 43.5 Å². The number of nitro groups is 1. The van der Waals surface area contributed by atoms with Crippen LogP contribution in [0.1, 0.15) is 32.2 Å². The van der Waals surface area contributed by atoms with E-state index in [-0.39, 0.29) is 11.6 Å². The monoisotopic (exact) mass is 501 g/mol. The molecule has 1 amide bonds. The highest BCUT2D eigenvalue weighted by Gasteiger charge is 2.26. The second-order valence-electron chi connectivity index (χ2n) is 9.00. The van der Waals surface area contributed by atoms with Gasteiger partial charge in [-0.3, -0.25) is 14.9 Å². The van der Waals surface area contributed by atoms with Gasteiger partial charge in [0.15, 0.2) is 0 Å². The molecule has 3 heterocycles. The van der Waals surface area contributed by atoms with Crippen molar-refractivity contribution in [2.24, 2.45) is 0 Å². The number of rotatable bonds is 6. The average molecular weight is 502 g/mol. The molecular formula is C27H27N5O3S. The fourth-order valence-electron chi connectivity index (χ4n) is 4.54. The van der Waals surface area contributed by atoms with E-state index in [9.17, 15) is 14.9 Å². The molecule has 0 N–H and O–H groups in total. The molecule has 8 nitrogen and oxygen atoms in total. The van der Waals surface area contributed by atoms with Crippen LogP contribution in [0.2, 0.25) is 0 Å². The molecule has 1 saturated heterocycles. The summed E-state index contributed by atoms with van der Waals surface area (Å²) in [5, 5.41) is 12.0. The van der Waals surface area contributed by atoms with Crippen molar-refractivity contribution in [3.8, 4) is 0 Å². The summed E-state index contributed by atoms with van der Waals surface area (Å²) in [4.78, 5) is 39.7. The molecule has 1 aliphatic heterocycles. The van der Waals surface area contributed by atoms with Gasteiger partial charge >= 0.3 is 0 Å². The number of non-ortho nitro benzene ring substituents is 1. The van der Waals surface area contributed by atoms with Gasteiger partial charge in [0.05, 0.1) is 10.3 Å². The zero-order valence-electron chi connectivity index (χ0n) is 20.3. The number of hydrogen-bond acceptors (Lipinski definition) is 7. The molecule has 0 bridgehead atoms. The van der Waals surface area contributed by atoms with Crippen LogP contribution in [0.15, 0.2) is 54.6 Å². The highest BCUT2D eigenvalue weighted by Crippen LogP contribution is 2.35. The van der Waals surface area contributed by atoms with Gasteiger partial charge in [0.1, 0.15) is 16.5 Å². The van der Waals surface area contributed by atoms with Crippen LogP contribution in [0.3, 0.4) is 0 Å². The number of nitrogens with zero attached hydrogens (tertiary/aromatic N) is 5. The Labute approximate surface area is 213 Å². The SMILES string of the molecule is Cc1sc2nc(CCc3ccccc3)nc(N3CCN(C(=O)c4ccc([N+](=O)[O-])cc4)CC3)c2c1C. The minimum Gasteiger partial charge on any atom is -0.352 e. The lowest BCUT2D eigenvalue weighted by atomic mass is 10.1. The number of hydrogen-bond donors (Lipinski definition) is 0. The maximum absolute atomic E-state index is 13.0. The number of aryl methyl sites for hydroxylation is 4. The molecule has 2 aromatic heterocycles. The third-order valence-electron chi connectivity index (χ3n) is 6.73. The summed E-state index contributed by atoms with van der Waals surface area (Å²) in [7, 11) is 0. The van der Waals surface area contributed by atoms with Gasteiger partial charge in [-0.15, -0.1) is 11.3 Å². The Hall–Kier alpha value is -3.85. The molecule has 4 aromatic rings. The van der Waals surface area contributed by atoms with Gasteiger partial charge in [-0.2, -0.15) is 0 Å². The van der Waals surface area contributed by atoms with E-state index >= 15 is 0 Å². The van der Waals surface area contributed by atoms with Gasteiger partial charge in [0.25, 0.3) is 11.6 Å². The van der Waals surface area contributed by atoms with Crippen LogP contribution < -0.4 is 4.90 Å². The van der Waals surface area contributed by atoms with Crippen molar-refractivity contribution in [2.75, 3.05) is 31.1 Å². The van der Waals surface area contributed by atoms with E-state index < -0.39 is 4.92 Å². The molecule has 1 aliphatic rings. The van der Waals surface area contributed by atoms with Crippen molar-refractivity contribution in [3.63, 3.8) is 0 Å². The molecule has 36 heavy (non-hydrogen) atoms. The standard InChI is InChI=1S/C27H27N5O3S/c1-18-19(2)36-26-24(18)25(28-23(29-26)13-8-20-6-4-3-5-7-20)30-14-16-31(17-15-30)27(33)21-9-11-22(12-10-21)32(34)35/h3-7,9-12H,8,13-17H2,1-2H3. The maximum Gasteiger partial charge on any atom is 0.269 e. The highest BCUT2D eigenvalue weighted by molar-refractivity contribution is 7.18. The molecule has 2 aromatic carbocycles. The number of carbonyl (C=O) groups is 1. The Morgan fingerprint density at radius 2 is 1.67 bits per heavy atom. The van der Waals surface area contributed by atoms with Crippen molar-refractivity contribution in [3.05, 3.63) is 92.1 Å². The molecule has 0 radical (unpaired) electrons. The third kappa shape index (κ3) is 4.79. The molecule has 0 aliphatic carbocycles. The predicted molar refractivity (Wildman–Crippen MR) is 142 cm³/mol. The number of carbonyl (C=O) groups excluding carboxylic acids is 1. The number of thiophene rings is 1. The van der Waals surface area contributed by atoms with Crippen LogP contribution in [0.5, 0.6) is 0 Å². The lowest BCUT2D eigenvalue weighted by Gasteiger charge is -2.36. The van der Waals surface area contributed by atoms with Crippen LogP contribution in [0.25, 0.3) is 10.2 Å². The van der Waals surface area contributed by atoms with Crippen LogP contribution in [0, 0.1) is 24.0 Å². The van der Waals surface area contributed by atoms with Gasteiger partial charge in [0, 0.05) is 55.2 Å². The number of benzene rings is 2. The summed E-state index contributed by atoms with van der Waals surface area (Å²) in [6.07, 6.45) is 1.65. The molecule has 9 heteroatoms. The minimum absolute atomic E-state index is 0.0198. The van der Waals surface area contributed by atoms with E-state index in [4.69, 9.17) is 9.97 Å². The largest absolute Gasteiger partial charge is 0.352 e. The maximum atomic E-state index is 13.0. The molecule has 184 valence electrons. The number of nitro benzene ring substituents is 1. The Morgan fingerprint density at radius 1 is 0.972 bits per heavy atom. The summed E-state index contributed by atoms with van der Waals surface area (Å²) in [5.74, 6) is 1.68. The summed E-state index contributed by atoms with van der Waals surface area (Å²) < 4.78 is 0. The third-order valence-corrected chi connectivity index (χ3v) is 7.83. The first-order chi connectivity index (χ1) is 17.4. The summed E-state index contributed by atoms with van der Waals surface area (Å²) in [6.45, 7) is 6.69. The van der Waals surface area contributed by atoms with Crippen LogP contribution >= 0.6 is 11.3 Å². The van der Waals surface area contributed by atoms with Gasteiger partial charge < -0.3 is 9.80 Å². The number of fused-ring (bicyclic) bond motifs is 1. The van der Waals surface area contributed by atoms with Crippen LogP contribution in [-0.4, -0.2) is 51.9 Å². The second kappa shape index (κ2) is 10.0. The second-order valence-corrected chi connectivity index (χ2v) is 10.2. The molecular weight excluding hydrogens is 474 g/mol. The quantitative estimate of drug-likeness (QED) is 0.274. The number of amides is 1. The topological polar surface area (TPSA) is 92.5 Å². The first-order valence-corrected chi connectivity index (χ1v) is 12.8. The highest BCUT2D eigenvalue weighted by atomic mass is 32.1. The Balaban J connectivity index is 1.34. The van der Waals surface area contributed by atoms with Gasteiger partial charge in [-0.25, -0.2) is 9.97 Å². The van der Waals surface area contributed by atoms with E-state index in [2.05, 4.69) is 30.9 Å². The summed E-state index contributed by atoms with van der Waals surface area (Å²) in [6, 6.07) is 16.2. The fourth-order valence-corrected chi connectivity index (χ4v) is 5.59. The molecule has 0 spiro atoms. The molecule has 0 atom stereocenters. The molecule has 0 unspecified atom stereocenters. The zero-order valence-corrected chi connectivity index (χ0v) is 21.1. The van der Waals surface area contributed by atoms with E-state index in [0.29, 0.717) is 31.7 Å². The minimum atomic E-state index is -0.461. The summed E-state index contributed by atoms with van der Waals surface area (Å²) in [5.41, 5.74) is 2.92. The van der Waals surface area contributed by atoms with Crippen molar-refractivity contribution in [1.29, 1.82) is 0 Å². The van der Waals surface area contributed by atoms with E-state index in [1.54, 1.807) is 16.2 Å². The number of anilines is 1. The Kier molecular flexibility index (Phi) is 6.65. The predicted octanol–water partition coefficient (Wildman–Crippen LogP) is 4.96. The number of aromatic nitrogens is 2. The van der Waals surface area contributed by atoms with Crippen LogP contribution in [0.4, 0.5) is 11.5 Å². The van der Waals surface area contributed by atoms with Crippen molar-refractivity contribution in [2.45, 2.75) is 26.7 Å². The zero-order chi connectivity index (χ0) is 25.2.